The number of aliphatic hydroxyl groups is 1. The highest BCUT2D eigenvalue weighted by molar-refractivity contribution is 5.85. The number of urea groups is 1. The van der Waals surface area contributed by atoms with Gasteiger partial charge in [-0.15, -0.1) is 0 Å². The number of piperazine rings is 1. The first-order valence-corrected chi connectivity index (χ1v) is 12.9. The number of carbonyl (C=O) groups excluding carboxylic acids is 1. The fourth-order valence-corrected chi connectivity index (χ4v) is 5.63. The zero-order valence-corrected chi connectivity index (χ0v) is 21.4. The van der Waals surface area contributed by atoms with Crippen LogP contribution in [0.25, 0.3) is 16.6 Å². The van der Waals surface area contributed by atoms with E-state index in [1.54, 1.807) is 35.7 Å². The molecule has 4 aliphatic heterocycles. The van der Waals surface area contributed by atoms with Crippen molar-refractivity contribution in [3.63, 3.8) is 0 Å². The van der Waals surface area contributed by atoms with Crippen LogP contribution in [0.15, 0.2) is 36.8 Å². The first kappa shape index (κ1) is 24.4. The fourth-order valence-electron chi connectivity index (χ4n) is 5.63. The summed E-state index contributed by atoms with van der Waals surface area (Å²) in [7, 11) is 0. The third-order valence-corrected chi connectivity index (χ3v) is 7.50. The quantitative estimate of drug-likeness (QED) is 0.552. The van der Waals surface area contributed by atoms with E-state index in [9.17, 15) is 19.6 Å². The van der Waals surface area contributed by atoms with Gasteiger partial charge in [-0.3, -0.25) is 0 Å². The molecule has 10 nitrogen and oxygen atoms in total. The van der Waals surface area contributed by atoms with E-state index in [0.29, 0.717) is 42.9 Å². The molecule has 11 heteroatoms. The first-order chi connectivity index (χ1) is 18.2. The van der Waals surface area contributed by atoms with Crippen LogP contribution in [0.4, 0.5) is 15.0 Å². The standard InChI is InChI=1S/C27H30FN7O3/c1-27(2,37)16-38-22-8-23(25-18(9-29)11-31-34(25)15-22)17-3-4-24(30-10-17)33-13-20-7-21(14-33)35(20)26(36)32-6-5-19(28)12-32/h3-4,8,10-11,15,19-21,37H,5-7,12-14,16H2,1-2H3. The minimum Gasteiger partial charge on any atom is -0.489 e. The lowest BCUT2D eigenvalue weighted by molar-refractivity contribution is 0.0207. The number of nitriles is 1. The molecule has 198 valence electrons. The van der Waals surface area contributed by atoms with Crippen molar-refractivity contribution in [3.8, 4) is 22.9 Å². The van der Waals surface area contributed by atoms with Crippen LogP contribution in [0.2, 0.25) is 0 Å². The average Bonchev–Trinajstić information content (AvgIpc) is 3.52. The largest absolute Gasteiger partial charge is 0.489 e. The topological polar surface area (TPSA) is 110 Å². The van der Waals surface area contributed by atoms with Crippen molar-refractivity contribution in [1.82, 2.24) is 24.4 Å². The molecule has 7 heterocycles. The molecule has 0 saturated carbocycles. The van der Waals surface area contributed by atoms with E-state index in [1.807, 2.05) is 23.1 Å². The van der Waals surface area contributed by atoms with Gasteiger partial charge >= 0.3 is 6.03 Å². The summed E-state index contributed by atoms with van der Waals surface area (Å²) in [6.07, 6.45) is 5.45. The minimum absolute atomic E-state index is 0.0424. The Bertz CT molecular complexity index is 1400. The number of amides is 2. The van der Waals surface area contributed by atoms with Gasteiger partial charge in [0.15, 0.2) is 0 Å². The van der Waals surface area contributed by atoms with Crippen LogP contribution in [-0.2, 0) is 0 Å². The molecule has 1 N–H and O–H groups in total. The summed E-state index contributed by atoms with van der Waals surface area (Å²) in [6, 6.07) is 8.11. The molecule has 0 spiro atoms. The van der Waals surface area contributed by atoms with E-state index >= 15 is 0 Å². The number of anilines is 1. The molecule has 3 atom stereocenters. The van der Waals surface area contributed by atoms with Gasteiger partial charge in [-0.25, -0.2) is 18.7 Å². The number of ether oxygens (including phenoxy) is 1. The number of piperidine rings is 1. The lowest BCUT2D eigenvalue weighted by atomic mass is 9.87. The summed E-state index contributed by atoms with van der Waals surface area (Å²) in [4.78, 5) is 23.4. The highest BCUT2D eigenvalue weighted by Gasteiger charge is 2.49. The Morgan fingerprint density at radius 2 is 2.05 bits per heavy atom. The SMILES string of the molecule is CC(C)(O)COc1cc(-c2ccc(N3CC4CC(C3)N4C(=O)N3CCC(F)C3)nc2)c2c(C#N)cnn2c1. The lowest BCUT2D eigenvalue weighted by Crippen LogP contribution is -2.72. The normalized spacial score (nSPS) is 22.9. The van der Waals surface area contributed by atoms with Crippen LogP contribution in [-0.4, -0.2) is 92.2 Å². The summed E-state index contributed by atoms with van der Waals surface area (Å²) in [6.45, 7) is 5.50. The van der Waals surface area contributed by atoms with Crippen LogP contribution in [0.3, 0.4) is 0 Å². The molecule has 4 aliphatic rings. The van der Waals surface area contributed by atoms with E-state index in [4.69, 9.17) is 9.72 Å². The second-order valence-corrected chi connectivity index (χ2v) is 11.0. The summed E-state index contributed by atoms with van der Waals surface area (Å²) in [5.74, 6) is 1.34. The van der Waals surface area contributed by atoms with Gasteiger partial charge in [-0.2, -0.15) is 10.4 Å². The maximum Gasteiger partial charge on any atom is 0.320 e. The fraction of sp³-hybridized carbons (Fsp3) is 0.481. The van der Waals surface area contributed by atoms with Crippen molar-refractivity contribution in [2.75, 3.05) is 37.7 Å². The summed E-state index contributed by atoms with van der Waals surface area (Å²) < 4.78 is 21.0. The van der Waals surface area contributed by atoms with Crippen molar-refractivity contribution in [2.24, 2.45) is 0 Å². The molecule has 38 heavy (non-hydrogen) atoms. The second-order valence-electron chi connectivity index (χ2n) is 11.0. The van der Waals surface area contributed by atoms with Crippen molar-refractivity contribution >= 4 is 17.4 Å². The van der Waals surface area contributed by atoms with Crippen molar-refractivity contribution < 1.29 is 19.0 Å². The molecule has 3 unspecified atom stereocenters. The van der Waals surface area contributed by atoms with E-state index in [1.165, 1.54) is 6.20 Å². The van der Waals surface area contributed by atoms with E-state index < -0.39 is 11.8 Å². The number of likely N-dealkylation sites (tertiary alicyclic amines) is 1. The lowest BCUT2D eigenvalue weighted by Gasteiger charge is -2.57. The first-order valence-electron chi connectivity index (χ1n) is 12.9. The molecule has 3 aromatic heterocycles. The van der Waals surface area contributed by atoms with Gasteiger partial charge in [0.25, 0.3) is 0 Å². The Kier molecular flexibility index (Phi) is 5.87. The van der Waals surface area contributed by atoms with E-state index in [0.717, 1.165) is 23.4 Å². The van der Waals surface area contributed by atoms with Crippen molar-refractivity contribution in [1.29, 1.82) is 5.26 Å². The maximum absolute atomic E-state index is 13.6. The van der Waals surface area contributed by atoms with Gasteiger partial charge in [-0.05, 0) is 44.9 Å². The molecule has 7 rings (SSSR count). The number of pyridine rings is 2. The second kappa shape index (κ2) is 9.13. The molecule has 0 aliphatic carbocycles. The molecule has 0 radical (unpaired) electrons. The van der Waals surface area contributed by atoms with Gasteiger partial charge in [-0.1, -0.05) is 0 Å². The molecular weight excluding hydrogens is 489 g/mol. The number of fused-ring (bicyclic) bond motifs is 3. The average molecular weight is 520 g/mol. The predicted octanol–water partition coefficient (Wildman–Crippen LogP) is 2.84. The number of rotatable bonds is 5. The number of hydrogen-bond acceptors (Lipinski definition) is 7. The highest BCUT2D eigenvalue weighted by Crippen LogP contribution is 2.37. The van der Waals surface area contributed by atoms with Gasteiger partial charge in [0.2, 0.25) is 0 Å². The highest BCUT2D eigenvalue weighted by atomic mass is 19.1. The Hall–Kier alpha value is -3.91. The van der Waals surface area contributed by atoms with Gasteiger partial charge in [0.1, 0.15) is 30.4 Å². The Morgan fingerprint density at radius 1 is 1.26 bits per heavy atom. The molecule has 0 aromatic carbocycles. The zero-order chi connectivity index (χ0) is 26.6. The molecule has 2 bridgehead atoms. The Labute approximate surface area is 219 Å². The van der Waals surface area contributed by atoms with Crippen LogP contribution >= 0.6 is 0 Å². The van der Waals surface area contributed by atoms with Gasteiger partial charge < -0.3 is 24.5 Å². The van der Waals surface area contributed by atoms with Crippen LogP contribution in [0.5, 0.6) is 5.75 Å². The summed E-state index contributed by atoms with van der Waals surface area (Å²) >= 11 is 0. The number of hydrogen-bond donors (Lipinski definition) is 1. The smallest absolute Gasteiger partial charge is 0.320 e. The number of carbonyl (C=O) groups is 1. The molecule has 4 fully saturated rings. The number of aromatic nitrogens is 3. The van der Waals surface area contributed by atoms with E-state index in [2.05, 4.69) is 16.1 Å². The minimum atomic E-state index is -1.00. The van der Waals surface area contributed by atoms with Crippen molar-refractivity contribution in [3.05, 3.63) is 42.4 Å². The summed E-state index contributed by atoms with van der Waals surface area (Å²) in [5, 5.41) is 24.0. The van der Waals surface area contributed by atoms with Crippen LogP contribution in [0.1, 0.15) is 32.3 Å². The third-order valence-electron chi connectivity index (χ3n) is 7.50. The monoisotopic (exact) mass is 519 g/mol. The number of nitrogens with zero attached hydrogens (tertiary/aromatic N) is 7. The summed E-state index contributed by atoms with van der Waals surface area (Å²) in [5.41, 5.74) is 1.65. The van der Waals surface area contributed by atoms with Crippen LogP contribution < -0.4 is 9.64 Å². The zero-order valence-electron chi connectivity index (χ0n) is 21.4. The van der Waals surface area contributed by atoms with Gasteiger partial charge in [0.05, 0.1) is 47.7 Å². The Balaban J connectivity index is 1.21. The number of alkyl halides is 1. The van der Waals surface area contributed by atoms with Crippen LogP contribution in [0, 0.1) is 11.3 Å². The van der Waals surface area contributed by atoms with E-state index in [-0.39, 0.29) is 31.3 Å². The van der Waals surface area contributed by atoms with Crippen molar-refractivity contribution in [2.45, 2.75) is 50.5 Å². The third kappa shape index (κ3) is 4.39. The number of halogens is 1. The maximum atomic E-state index is 13.6. The molecule has 2 amide bonds. The molecule has 4 saturated heterocycles. The molecule has 3 aromatic rings. The molecular formula is C27H30FN7O3. The predicted molar refractivity (Wildman–Crippen MR) is 138 cm³/mol. The van der Waals surface area contributed by atoms with Gasteiger partial charge in [0, 0.05) is 37.0 Å². The Morgan fingerprint density at radius 3 is 2.68 bits per heavy atom.